The van der Waals surface area contributed by atoms with Gasteiger partial charge in [0, 0.05) is 35.8 Å². The second-order valence-corrected chi connectivity index (χ2v) is 8.80. The molecule has 0 saturated carbocycles. The van der Waals surface area contributed by atoms with E-state index in [2.05, 4.69) is 16.4 Å². The third-order valence-electron chi connectivity index (χ3n) is 6.47. The standard InChI is InChI=1S/C29H31N3O3/c1-19-8-7-11-25(20(19)2)30-27(33)18-32(3)28(34)17-16-24-23-9-5-6-10-26(23)31-29(24)21-12-14-22(35-4)15-13-21/h5-15,31H,16-18H2,1-4H3,(H,30,33). The van der Waals surface area contributed by atoms with Gasteiger partial charge in [-0.3, -0.25) is 9.59 Å². The van der Waals surface area contributed by atoms with Crippen LogP contribution in [-0.4, -0.2) is 42.4 Å². The van der Waals surface area contributed by atoms with E-state index in [0.29, 0.717) is 12.8 Å². The van der Waals surface area contributed by atoms with Gasteiger partial charge >= 0.3 is 0 Å². The van der Waals surface area contributed by atoms with Gasteiger partial charge in [-0.1, -0.05) is 30.3 Å². The quantitative estimate of drug-likeness (QED) is 0.358. The number of aromatic amines is 1. The molecule has 0 fully saturated rings. The van der Waals surface area contributed by atoms with E-state index < -0.39 is 0 Å². The van der Waals surface area contributed by atoms with Gasteiger partial charge in [0.15, 0.2) is 0 Å². The molecule has 0 saturated heterocycles. The fraction of sp³-hybridized carbons (Fsp3) is 0.241. The highest BCUT2D eigenvalue weighted by Crippen LogP contribution is 2.32. The normalized spacial score (nSPS) is 10.9. The summed E-state index contributed by atoms with van der Waals surface area (Å²) in [5.41, 5.74) is 7.06. The summed E-state index contributed by atoms with van der Waals surface area (Å²) in [6.45, 7) is 3.98. The lowest BCUT2D eigenvalue weighted by molar-refractivity contribution is -0.133. The number of fused-ring (bicyclic) bond motifs is 1. The summed E-state index contributed by atoms with van der Waals surface area (Å²) in [6, 6.07) is 21.8. The molecule has 0 spiro atoms. The topological polar surface area (TPSA) is 74.4 Å². The van der Waals surface area contributed by atoms with Gasteiger partial charge in [-0.15, -0.1) is 0 Å². The summed E-state index contributed by atoms with van der Waals surface area (Å²) in [4.78, 5) is 30.5. The monoisotopic (exact) mass is 469 g/mol. The van der Waals surface area contributed by atoms with Gasteiger partial charge < -0.3 is 19.9 Å². The van der Waals surface area contributed by atoms with Crippen molar-refractivity contribution in [1.82, 2.24) is 9.88 Å². The first-order chi connectivity index (χ1) is 16.9. The second-order valence-electron chi connectivity index (χ2n) is 8.80. The molecular weight excluding hydrogens is 438 g/mol. The molecule has 35 heavy (non-hydrogen) atoms. The summed E-state index contributed by atoms with van der Waals surface area (Å²) >= 11 is 0. The van der Waals surface area contributed by atoms with Gasteiger partial charge in [0.25, 0.3) is 0 Å². The van der Waals surface area contributed by atoms with Gasteiger partial charge in [-0.2, -0.15) is 0 Å². The van der Waals surface area contributed by atoms with Crippen molar-refractivity contribution < 1.29 is 14.3 Å². The van der Waals surface area contributed by atoms with E-state index in [0.717, 1.165) is 50.3 Å². The molecule has 0 aliphatic heterocycles. The van der Waals surface area contributed by atoms with Crippen LogP contribution < -0.4 is 10.1 Å². The molecule has 1 heterocycles. The molecule has 0 atom stereocenters. The smallest absolute Gasteiger partial charge is 0.243 e. The summed E-state index contributed by atoms with van der Waals surface area (Å²) in [6.07, 6.45) is 0.866. The lowest BCUT2D eigenvalue weighted by Crippen LogP contribution is -2.35. The zero-order chi connectivity index (χ0) is 24.9. The third-order valence-corrected chi connectivity index (χ3v) is 6.47. The SMILES string of the molecule is COc1ccc(-c2[nH]c3ccccc3c2CCC(=O)N(C)CC(=O)Nc2cccc(C)c2C)cc1. The van der Waals surface area contributed by atoms with Gasteiger partial charge in [0.2, 0.25) is 11.8 Å². The number of nitrogens with zero attached hydrogens (tertiary/aromatic N) is 1. The molecule has 3 aromatic carbocycles. The number of nitrogens with one attached hydrogen (secondary N) is 2. The van der Waals surface area contributed by atoms with Crippen LogP contribution in [0.25, 0.3) is 22.2 Å². The predicted molar refractivity (Wildman–Crippen MR) is 141 cm³/mol. The van der Waals surface area contributed by atoms with E-state index in [-0.39, 0.29) is 18.4 Å². The molecule has 1 aromatic heterocycles. The van der Waals surface area contributed by atoms with Crippen LogP contribution in [0.15, 0.2) is 66.7 Å². The van der Waals surface area contributed by atoms with Crippen molar-refractivity contribution in [3.63, 3.8) is 0 Å². The Kier molecular flexibility index (Phi) is 7.20. The molecule has 0 unspecified atom stereocenters. The maximum absolute atomic E-state index is 12.9. The molecule has 0 aliphatic rings. The van der Waals surface area contributed by atoms with Gasteiger partial charge in [-0.05, 0) is 78.9 Å². The molecule has 6 heteroatoms. The largest absolute Gasteiger partial charge is 0.497 e. The van der Waals surface area contributed by atoms with Crippen molar-refractivity contribution in [2.24, 2.45) is 0 Å². The first-order valence-corrected chi connectivity index (χ1v) is 11.7. The minimum Gasteiger partial charge on any atom is -0.497 e. The molecule has 4 rings (SSSR count). The Morgan fingerprint density at radius 3 is 2.46 bits per heavy atom. The zero-order valence-corrected chi connectivity index (χ0v) is 20.6. The van der Waals surface area contributed by atoms with Crippen LogP contribution >= 0.6 is 0 Å². The van der Waals surface area contributed by atoms with Gasteiger partial charge in [0.05, 0.1) is 13.7 Å². The number of carbonyl (C=O) groups is 2. The fourth-order valence-electron chi connectivity index (χ4n) is 4.27. The Hall–Kier alpha value is -4.06. The fourth-order valence-corrected chi connectivity index (χ4v) is 4.27. The first kappa shape index (κ1) is 24.1. The minimum absolute atomic E-state index is 0.00539. The van der Waals surface area contributed by atoms with Crippen LogP contribution in [0.5, 0.6) is 5.75 Å². The Balaban J connectivity index is 1.46. The lowest BCUT2D eigenvalue weighted by Gasteiger charge is -2.18. The zero-order valence-electron chi connectivity index (χ0n) is 20.6. The molecule has 0 radical (unpaired) electrons. The molecule has 0 bridgehead atoms. The van der Waals surface area contributed by atoms with Crippen molar-refractivity contribution in [2.45, 2.75) is 26.7 Å². The van der Waals surface area contributed by atoms with E-state index in [1.165, 1.54) is 4.90 Å². The number of methoxy groups -OCH3 is 1. The molecule has 4 aromatic rings. The average molecular weight is 470 g/mol. The Bertz CT molecular complexity index is 1360. The van der Waals surface area contributed by atoms with Crippen LogP contribution in [0.1, 0.15) is 23.1 Å². The second kappa shape index (κ2) is 10.5. The number of carbonyl (C=O) groups excluding carboxylic acids is 2. The Labute approximate surface area is 205 Å². The minimum atomic E-state index is -0.208. The van der Waals surface area contributed by atoms with E-state index in [4.69, 9.17) is 4.74 Å². The number of aryl methyl sites for hydroxylation is 2. The summed E-state index contributed by atoms with van der Waals surface area (Å²) in [5.74, 6) is 0.509. The number of hydrogen-bond donors (Lipinski definition) is 2. The first-order valence-electron chi connectivity index (χ1n) is 11.7. The Morgan fingerprint density at radius 2 is 1.71 bits per heavy atom. The van der Waals surface area contributed by atoms with Crippen molar-refractivity contribution in [3.8, 4) is 17.0 Å². The molecule has 180 valence electrons. The van der Waals surface area contributed by atoms with E-state index in [1.807, 2.05) is 74.5 Å². The highest BCUT2D eigenvalue weighted by atomic mass is 16.5. The summed E-state index contributed by atoms with van der Waals surface area (Å²) in [5, 5.41) is 4.02. The maximum atomic E-state index is 12.9. The van der Waals surface area contributed by atoms with E-state index in [1.54, 1.807) is 14.2 Å². The summed E-state index contributed by atoms with van der Waals surface area (Å²) < 4.78 is 5.29. The number of benzene rings is 3. The van der Waals surface area contributed by atoms with Crippen molar-refractivity contribution in [3.05, 3.63) is 83.4 Å². The average Bonchev–Trinajstić information content (AvgIpc) is 3.23. The Morgan fingerprint density at radius 1 is 0.971 bits per heavy atom. The number of rotatable bonds is 8. The number of para-hydroxylation sites is 1. The van der Waals surface area contributed by atoms with Crippen LogP contribution in [0.4, 0.5) is 5.69 Å². The number of H-pyrrole nitrogens is 1. The van der Waals surface area contributed by atoms with Crippen molar-refractivity contribution >= 4 is 28.4 Å². The van der Waals surface area contributed by atoms with Crippen LogP contribution in [0.2, 0.25) is 0 Å². The summed E-state index contributed by atoms with van der Waals surface area (Å²) in [7, 11) is 3.32. The number of ether oxygens (including phenoxy) is 1. The van der Waals surface area contributed by atoms with Gasteiger partial charge in [-0.25, -0.2) is 0 Å². The maximum Gasteiger partial charge on any atom is 0.243 e. The molecule has 2 amide bonds. The molecule has 6 nitrogen and oxygen atoms in total. The van der Waals surface area contributed by atoms with Crippen LogP contribution in [0.3, 0.4) is 0 Å². The number of likely N-dealkylation sites (N-methyl/N-ethyl adjacent to an activating group) is 1. The highest BCUT2D eigenvalue weighted by molar-refractivity contribution is 5.95. The number of amides is 2. The van der Waals surface area contributed by atoms with Crippen LogP contribution in [-0.2, 0) is 16.0 Å². The highest BCUT2D eigenvalue weighted by Gasteiger charge is 2.18. The molecule has 2 N–H and O–H groups in total. The van der Waals surface area contributed by atoms with E-state index >= 15 is 0 Å². The van der Waals surface area contributed by atoms with Crippen molar-refractivity contribution in [1.29, 1.82) is 0 Å². The molecular formula is C29H31N3O3. The predicted octanol–water partition coefficient (Wildman–Crippen LogP) is 5.49. The third kappa shape index (κ3) is 5.38. The number of aromatic nitrogens is 1. The van der Waals surface area contributed by atoms with Crippen LogP contribution in [0, 0.1) is 13.8 Å². The lowest BCUT2D eigenvalue weighted by atomic mass is 10.0. The van der Waals surface area contributed by atoms with Gasteiger partial charge in [0.1, 0.15) is 5.75 Å². The van der Waals surface area contributed by atoms with Crippen molar-refractivity contribution in [2.75, 3.05) is 26.0 Å². The molecule has 0 aliphatic carbocycles. The van der Waals surface area contributed by atoms with E-state index in [9.17, 15) is 9.59 Å². The number of anilines is 1. The number of hydrogen-bond acceptors (Lipinski definition) is 3.